The van der Waals surface area contributed by atoms with Crippen LogP contribution in [-0.2, 0) is 5.41 Å². The second kappa shape index (κ2) is 12.7. The van der Waals surface area contributed by atoms with Crippen molar-refractivity contribution in [1.82, 2.24) is 29.1 Å². The molecule has 6 nitrogen and oxygen atoms in total. The molecule has 59 heavy (non-hydrogen) atoms. The molecule has 0 N–H and O–H groups in total. The monoisotopic (exact) mass is 756 g/mol. The fourth-order valence-electron chi connectivity index (χ4n) is 9.64. The van der Waals surface area contributed by atoms with E-state index in [1.807, 2.05) is 30.5 Å². The summed E-state index contributed by atoms with van der Waals surface area (Å²) >= 11 is 0. The van der Waals surface area contributed by atoms with Crippen LogP contribution in [0.15, 0.2) is 182 Å². The number of nitrogens with zero attached hydrogens (tertiary/aromatic N) is 6. The molecular weight excluding hydrogens is 721 g/mol. The Morgan fingerprint density at radius 3 is 1.90 bits per heavy atom. The lowest BCUT2D eigenvalue weighted by Gasteiger charge is -2.21. The number of aromatic nitrogens is 6. The summed E-state index contributed by atoms with van der Waals surface area (Å²) in [4.78, 5) is 20.9. The molecule has 0 unspecified atom stereocenters. The minimum Gasteiger partial charge on any atom is -0.293 e. The SMILES string of the molecule is CC1(C)c2ccccc2-c2c(-c3cccc4c3c3ccccc3n4-c3nc(-c4ccccc4)nc(-c4ccccc4-n4c5ccccc5c5cccnc54)n3)cccc21. The van der Waals surface area contributed by atoms with Gasteiger partial charge in [0.15, 0.2) is 11.6 Å². The maximum absolute atomic E-state index is 5.42. The molecule has 12 rings (SSSR count). The van der Waals surface area contributed by atoms with Crippen molar-refractivity contribution in [2.75, 3.05) is 0 Å². The maximum atomic E-state index is 5.42. The van der Waals surface area contributed by atoms with Gasteiger partial charge in [-0.2, -0.15) is 9.97 Å². The summed E-state index contributed by atoms with van der Waals surface area (Å²) < 4.78 is 4.45. The van der Waals surface area contributed by atoms with Crippen LogP contribution >= 0.6 is 0 Å². The third kappa shape index (κ3) is 4.87. The van der Waals surface area contributed by atoms with Crippen LogP contribution in [0, 0.1) is 0 Å². The minimum atomic E-state index is -0.107. The maximum Gasteiger partial charge on any atom is 0.238 e. The topological polar surface area (TPSA) is 61.4 Å². The molecule has 11 aromatic rings. The average molecular weight is 757 g/mol. The number of hydrogen-bond donors (Lipinski definition) is 0. The van der Waals surface area contributed by atoms with Gasteiger partial charge in [0.2, 0.25) is 5.95 Å². The summed E-state index contributed by atoms with van der Waals surface area (Å²) in [6.45, 7) is 4.68. The molecule has 1 aliphatic carbocycles. The normalized spacial score (nSPS) is 13.1. The predicted molar refractivity (Wildman–Crippen MR) is 240 cm³/mol. The van der Waals surface area contributed by atoms with Gasteiger partial charge >= 0.3 is 0 Å². The zero-order valence-corrected chi connectivity index (χ0v) is 32.5. The molecule has 278 valence electrons. The van der Waals surface area contributed by atoms with E-state index in [1.165, 1.54) is 38.8 Å². The smallest absolute Gasteiger partial charge is 0.238 e. The van der Waals surface area contributed by atoms with Crippen LogP contribution < -0.4 is 0 Å². The second-order valence-electron chi connectivity index (χ2n) is 15.8. The Morgan fingerprint density at radius 1 is 0.424 bits per heavy atom. The van der Waals surface area contributed by atoms with Crippen LogP contribution in [0.25, 0.3) is 100 Å². The Bertz CT molecular complexity index is 3430. The van der Waals surface area contributed by atoms with E-state index in [4.69, 9.17) is 19.9 Å². The van der Waals surface area contributed by atoms with E-state index < -0.39 is 0 Å². The number of para-hydroxylation sites is 3. The second-order valence-corrected chi connectivity index (χ2v) is 15.8. The van der Waals surface area contributed by atoms with E-state index in [9.17, 15) is 0 Å². The highest BCUT2D eigenvalue weighted by molar-refractivity contribution is 6.17. The Morgan fingerprint density at radius 2 is 1.03 bits per heavy atom. The van der Waals surface area contributed by atoms with Crippen LogP contribution in [0.1, 0.15) is 25.0 Å². The highest BCUT2D eigenvalue weighted by Gasteiger charge is 2.37. The van der Waals surface area contributed by atoms with Crippen molar-refractivity contribution in [3.8, 4) is 56.7 Å². The lowest BCUT2D eigenvalue weighted by Crippen LogP contribution is -2.14. The van der Waals surface area contributed by atoms with Gasteiger partial charge < -0.3 is 0 Å². The largest absolute Gasteiger partial charge is 0.293 e. The summed E-state index contributed by atoms with van der Waals surface area (Å²) in [5.41, 5.74) is 14.4. The fraction of sp³-hybridized carbons (Fsp3) is 0.0566. The highest BCUT2D eigenvalue weighted by atomic mass is 15.2. The third-order valence-corrected chi connectivity index (χ3v) is 12.3. The Labute approximate surface area is 340 Å². The summed E-state index contributed by atoms with van der Waals surface area (Å²) in [5, 5.41) is 4.54. The van der Waals surface area contributed by atoms with Crippen molar-refractivity contribution in [3.05, 3.63) is 193 Å². The molecule has 0 radical (unpaired) electrons. The van der Waals surface area contributed by atoms with E-state index in [2.05, 4.69) is 175 Å². The number of benzene rings is 7. The van der Waals surface area contributed by atoms with Gasteiger partial charge in [0, 0.05) is 44.3 Å². The van der Waals surface area contributed by atoms with E-state index in [0.29, 0.717) is 17.6 Å². The standard InChI is InChI=1S/C53H36N6/c1-53(2)41-26-10-6-20-38(41)47-35(23-14-27-42(47)53)36-24-15-31-46-48(36)39-21-8-12-29-44(39)59(46)52-56-49(33-17-4-3-5-18-33)55-50(57-52)40-22-9-13-30-45(40)58-43-28-11-7-19-34(43)37-25-16-32-54-51(37)58/h3-32H,1-2H3. The summed E-state index contributed by atoms with van der Waals surface area (Å²) in [5.74, 6) is 1.73. The van der Waals surface area contributed by atoms with Crippen LogP contribution in [0.2, 0.25) is 0 Å². The molecule has 0 fully saturated rings. The highest BCUT2D eigenvalue weighted by Crippen LogP contribution is 2.53. The molecule has 0 bridgehead atoms. The summed E-state index contributed by atoms with van der Waals surface area (Å²) in [7, 11) is 0. The molecule has 4 heterocycles. The third-order valence-electron chi connectivity index (χ3n) is 12.3. The van der Waals surface area contributed by atoms with Gasteiger partial charge in [-0.05, 0) is 75.8 Å². The van der Waals surface area contributed by atoms with Gasteiger partial charge in [0.1, 0.15) is 5.65 Å². The van der Waals surface area contributed by atoms with Crippen molar-refractivity contribution in [3.63, 3.8) is 0 Å². The lowest BCUT2D eigenvalue weighted by atomic mass is 9.82. The molecule has 0 spiro atoms. The van der Waals surface area contributed by atoms with Crippen molar-refractivity contribution >= 4 is 43.7 Å². The number of rotatable bonds is 5. The van der Waals surface area contributed by atoms with Crippen molar-refractivity contribution in [1.29, 1.82) is 0 Å². The molecule has 4 aromatic heterocycles. The lowest BCUT2D eigenvalue weighted by molar-refractivity contribution is 0.660. The summed E-state index contributed by atoms with van der Waals surface area (Å²) in [6, 6.07) is 62.1. The van der Waals surface area contributed by atoms with Crippen LogP contribution in [0.4, 0.5) is 0 Å². The zero-order valence-electron chi connectivity index (χ0n) is 32.5. The van der Waals surface area contributed by atoms with Crippen LogP contribution in [-0.4, -0.2) is 29.1 Å². The molecular formula is C53H36N6. The number of pyridine rings is 1. The minimum absolute atomic E-state index is 0.107. The van der Waals surface area contributed by atoms with Crippen molar-refractivity contribution in [2.45, 2.75) is 19.3 Å². The van der Waals surface area contributed by atoms with Gasteiger partial charge in [-0.15, -0.1) is 0 Å². The van der Waals surface area contributed by atoms with E-state index in [-0.39, 0.29) is 5.41 Å². The molecule has 0 atom stereocenters. The first-order chi connectivity index (χ1) is 29.1. The van der Waals surface area contributed by atoms with E-state index in [0.717, 1.165) is 55.2 Å². The molecule has 0 aliphatic heterocycles. The molecule has 7 aromatic carbocycles. The van der Waals surface area contributed by atoms with Gasteiger partial charge in [-0.3, -0.25) is 9.13 Å². The fourth-order valence-corrected chi connectivity index (χ4v) is 9.64. The van der Waals surface area contributed by atoms with Crippen molar-refractivity contribution in [2.24, 2.45) is 0 Å². The average Bonchev–Trinajstić information content (AvgIpc) is 3.90. The van der Waals surface area contributed by atoms with Crippen LogP contribution in [0.3, 0.4) is 0 Å². The zero-order chi connectivity index (χ0) is 39.2. The van der Waals surface area contributed by atoms with Gasteiger partial charge in [0.05, 0.1) is 22.2 Å². The first kappa shape index (κ1) is 33.4. The summed E-state index contributed by atoms with van der Waals surface area (Å²) in [6.07, 6.45) is 1.86. The Kier molecular flexibility index (Phi) is 7.17. The van der Waals surface area contributed by atoms with E-state index in [1.54, 1.807) is 0 Å². The predicted octanol–water partition coefficient (Wildman–Crippen LogP) is 12.8. The molecule has 0 amide bonds. The first-order valence-electron chi connectivity index (χ1n) is 20.1. The number of hydrogen-bond acceptors (Lipinski definition) is 4. The van der Waals surface area contributed by atoms with Crippen LogP contribution in [0.5, 0.6) is 0 Å². The van der Waals surface area contributed by atoms with E-state index >= 15 is 0 Å². The quantitative estimate of drug-likeness (QED) is 0.175. The molecule has 0 saturated carbocycles. The van der Waals surface area contributed by atoms with Gasteiger partial charge in [-0.1, -0.05) is 147 Å². The van der Waals surface area contributed by atoms with Crippen molar-refractivity contribution < 1.29 is 0 Å². The Hall–Kier alpha value is -7.70. The number of fused-ring (bicyclic) bond motifs is 9. The van der Waals surface area contributed by atoms with Gasteiger partial charge in [0.25, 0.3) is 0 Å². The molecule has 6 heteroatoms. The van der Waals surface area contributed by atoms with Gasteiger partial charge in [-0.25, -0.2) is 9.97 Å². The Balaban J connectivity index is 1.14. The molecule has 1 aliphatic rings. The molecule has 0 saturated heterocycles. The first-order valence-corrected chi connectivity index (χ1v) is 20.1.